The first-order valence-corrected chi connectivity index (χ1v) is 12.5. The van der Waals surface area contributed by atoms with Crippen molar-refractivity contribution in [2.45, 2.75) is 58.5 Å². The normalized spacial score (nSPS) is 14.9. The summed E-state index contributed by atoms with van der Waals surface area (Å²) in [4.78, 5) is 28.0. The van der Waals surface area contributed by atoms with Crippen molar-refractivity contribution < 1.29 is 18.3 Å². The SMILES string of the molecule is CC[C@@H](CCCC(=O)N1CCOCC1)n1c(Nc2c(F)cccc2F)nc2cnc(NC(C)C)nc21. The van der Waals surface area contributed by atoms with Crippen LogP contribution in [0, 0.1) is 11.6 Å². The summed E-state index contributed by atoms with van der Waals surface area (Å²) in [6, 6.07) is 3.72. The number of amides is 1. The van der Waals surface area contributed by atoms with Gasteiger partial charge in [0.1, 0.15) is 22.8 Å². The molecular weight excluding hydrogens is 468 g/mol. The third-order valence-corrected chi connectivity index (χ3v) is 6.18. The van der Waals surface area contributed by atoms with Crippen molar-refractivity contribution in [2.24, 2.45) is 0 Å². The Kier molecular flexibility index (Phi) is 8.29. The van der Waals surface area contributed by atoms with Crippen LogP contribution in [0.4, 0.5) is 26.4 Å². The number of imidazole rings is 1. The number of benzene rings is 1. The summed E-state index contributed by atoms with van der Waals surface area (Å²) in [6.45, 7) is 8.37. The van der Waals surface area contributed by atoms with E-state index in [2.05, 4.69) is 25.6 Å². The summed E-state index contributed by atoms with van der Waals surface area (Å²) in [6.07, 6.45) is 4.06. The molecular formula is C25H33F2N7O2. The molecule has 1 saturated heterocycles. The van der Waals surface area contributed by atoms with Crippen LogP contribution in [0.25, 0.3) is 11.2 Å². The number of ether oxygens (including phenoxy) is 1. The van der Waals surface area contributed by atoms with Crippen molar-refractivity contribution in [1.82, 2.24) is 24.4 Å². The van der Waals surface area contributed by atoms with Gasteiger partial charge >= 0.3 is 0 Å². The van der Waals surface area contributed by atoms with E-state index in [1.54, 1.807) is 6.20 Å². The zero-order valence-corrected chi connectivity index (χ0v) is 20.9. The molecule has 1 aliphatic heterocycles. The van der Waals surface area contributed by atoms with E-state index in [1.807, 2.05) is 30.2 Å². The second-order valence-corrected chi connectivity index (χ2v) is 9.18. The van der Waals surface area contributed by atoms with Gasteiger partial charge in [-0.05, 0) is 45.2 Å². The van der Waals surface area contributed by atoms with Crippen LogP contribution in [0.1, 0.15) is 52.5 Å². The predicted molar refractivity (Wildman–Crippen MR) is 134 cm³/mol. The Morgan fingerprint density at radius 3 is 2.56 bits per heavy atom. The first kappa shape index (κ1) is 25.7. The highest BCUT2D eigenvalue weighted by molar-refractivity contribution is 5.77. The number of morpholine rings is 1. The minimum absolute atomic E-state index is 0.105. The van der Waals surface area contributed by atoms with Gasteiger partial charge in [0.2, 0.25) is 17.8 Å². The van der Waals surface area contributed by atoms with E-state index in [4.69, 9.17) is 4.74 Å². The third-order valence-electron chi connectivity index (χ3n) is 6.18. The van der Waals surface area contributed by atoms with Gasteiger partial charge in [-0.1, -0.05) is 13.0 Å². The average Bonchev–Trinajstić information content (AvgIpc) is 3.21. The van der Waals surface area contributed by atoms with Crippen molar-refractivity contribution >= 4 is 34.7 Å². The lowest BCUT2D eigenvalue weighted by Crippen LogP contribution is -2.40. The van der Waals surface area contributed by atoms with E-state index in [0.29, 0.717) is 69.1 Å². The lowest BCUT2D eigenvalue weighted by Gasteiger charge is -2.27. The molecule has 1 amide bonds. The van der Waals surface area contributed by atoms with Crippen LogP contribution >= 0.6 is 0 Å². The number of nitrogens with zero attached hydrogens (tertiary/aromatic N) is 5. The molecule has 9 nitrogen and oxygen atoms in total. The van der Waals surface area contributed by atoms with Gasteiger partial charge in [0.15, 0.2) is 5.65 Å². The summed E-state index contributed by atoms with van der Waals surface area (Å²) in [5, 5.41) is 6.04. The van der Waals surface area contributed by atoms with Crippen molar-refractivity contribution in [2.75, 3.05) is 36.9 Å². The zero-order chi connectivity index (χ0) is 25.7. The lowest BCUT2D eigenvalue weighted by atomic mass is 10.1. The van der Waals surface area contributed by atoms with Crippen LogP contribution in [0.15, 0.2) is 24.4 Å². The number of rotatable bonds is 10. The Balaban J connectivity index is 1.63. The Morgan fingerprint density at radius 1 is 1.17 bits per heavy atom. The number of nitrogens with one attached hydrogen (secondary N) is 2. The molecule has 0 spiro atoms. The largest absolute Gasteiger partial charge is 0.378 e. The van der Waals surface area contributed by atoms with E-state index in [0.717, 1.165) is 0 Å². The first-order chi connectivity index (χ1) is 17.4. The smallest absolute Gasteiger partial charge is 0.224 e. The van der Waals surface area contributed by atoms with E-state index in [9.17, 15) is 13.6 Å². The highest BCUT2D eigenvalue weighted by atomic mass is 19.1. The standard InChI is InChI=1S/C25H33F2N7O2/c1-4-17(7-5-10-21(35)33-11-13-36-14-12-33)34-23-20(15-28-24(32-23)29-16(2)3)30-25(34)31-22-18(26)8-6-9-19(22)27/h6,8-9,15-17H,4-5,7,10-14H2,1-3H3,(H,30,31)(H,28,29,32)/t17-/m0/s1. The van der Waals surface area contributed by atoms with Gasteiger partial charge < -0.3 is 20.3 Å². The Bertz CT molecular complexity index is 1170. The molecule has 194 valence electrons. The van der Waals surface area contributed by atoms with E-state index < -0.39 is 11.6 Å². The Morgan fingerprint density at radius 2 is 1.89 bits per heavy atom. The van der Waals surface area contributed by atoms with Crippen LogP contribution < -0.4 is 10.6 Å². The molecule has 0 saturated carbocycles. The van der Waals surface area contributed by atoms with Gasteiger partial charge in [0.05, 0.1) is 19.4 Å². The highest BCUT2D eigenvalue weighted by Crippen LogP contribution is 2.32. The van der Waals surface area contributed by atoms with Crippen LogP contribution in [0.5, 0.6) is 0 Å². The molecule has 0 unspecified atom stereocenters. The Hall–Kier alpha value is -3.34. The molecule has 11 heteroatoms. The molecule has 1 aromatic carbocycles. The highest BCUT2D eigenvalue weighted by Gasteiger charge is 2.23. The second kappa shape index (κ2) is 11.6. The van der Waals surface area contributed by atoms with Gasteiger partial charge in [-0.25, -0.2) is 18.7 Å². The van der Waals surface area contributed by atoms with Crippen LogP contribution in [0.3, 0.4) is 0 Å². The topological polar surface area (TPSA) is 97.2 Å². The second-order valence-electron chi connectivity index (χ2n) is 9.18. The van der Waals surface area contributed by atoms with Gasteiger partial charge in [-0.15, -0.1) is 0 Å². The summed E-state index contributed by atoms with van der Waals surface area (Å²) >= 11 is 0. The monoisotopic (exact) mass is 501 g/mol. The number of hydrogen-bond acceptors (Lipinski definition) is 7. The number of hydrogen-bond donors (Lipinski definition) is 2. The van der Waals surface area contributed by atoms with Crippen molar-refractivity contribution in [1.29, 1.82) is 0 Å². The quantitative estimate of drug-likeness (QED) is 0.417. The number of carbonyl (C=O) groups is 1. The lowest BCUT2D eigenvalue weighted by molar-refractivity contribution is -0.135. The van der Waals surface area contributed by atoms with Crippen molar-refractivity contribution in [3.8, 4) is 0 Å². The van der Waals surface area contributed by atoms with E-state index in [1.165, 1.54) is 18.2 Å². The van der Waals surface area contributed by atoms with E-state index in [-0.39, 0.29) is 29.6 Å². The molecule has 3 heterocycles. The fraction of sp³-hybridized carbons (Fsp3) is 0.520. The number of halogens is 2. The summed E-state index contributed by atoms with van der Waals surface area (Å²) in [7, 11) is 0. The molecule has 1 fully saturated rings. The molecule has 0 aliphatic carbocycles. The number of carbonyl (C=O) groups excluding carboxylic acids is 1. The van der Waals surface area contributed by atoms with Gasteiger partial charge in [0, 0.05) is 31.6 Å². The van der Waals surface area contributed by atoms with E-state index >= 15 is 0 Å². The molecule has 0 radical (unpaired) electrons. The molecule has 36 heavy (non-hydrogen) atoms. The van der Waals surface area contributed by atoms with Gasteiger partial charge in [0.25, 0.3) is 0 Å². The van der Waals surface area contributed by atoms with Crippen LogP contribution in [0.2, 0.25) is 0 Å². The van der Waals surface area contributed by atoms with Crippen LogP contribution in [-0.2, 0) is 9.53 Å². The molecule has 2 aromatic heterocycles. The maximum atomic E-state index is 14.5. The predicted octanol–water partition coefficient (Wildman–Crippen LogP) is 4.65. The fourth-order valence-corrected chi connectivity index (χ4v) is 4.36. The van der Waals surface area contributed by atoms with Crippen molar-refractivity contribution in [3.63, 3.8) is 0 Å². The van der Waals surface area contributed by atoms with Gasteiger partial charge in [-0.3, -0.25) is 9.36 Å². The molecule has 2 N–H and O–H groups in total. The maximum absolute atomic E-state index is 14.5. The molecule has 3 aromatic rings. The molecule has 1 atom stereocenters. The first-order valence-electron chi connectivity index (χ1n) is 12.5. The number of aromatic nitrogens is 4. The average molecular weight is 502 g/mol. The minimum atomic E-state index is -0.717. The number of para-hydroxylation sites is 1. The van der Waals surface area contributed by atoms with Crippen molar-refractivity contribution in [3.05, 3.63) is 36.0 Å². The molecule has 0 bridgehead atoms. The third kappa shape index (κ3) is 5.89. The number of anilines is 3. The summed E-state index contributed by atoms with van der Waals surface area (Å²) < 4.78 is 36.1. The fourth-order valence-electron chi connectivity index (χ4n) is 4.36. The number of fused-ring (bicyclic) bond motifs is 1. The van der Waals surface area contributed by atoms with Crippen LogP contribution in [-0.4, -0.2) is 62.7 Å². The summed E-state index contributed by atoms with van der Waals surface area (Å²) in [5.74, 6) is -0.603. The Labute approximate surface area is 209 Å². The minimum Gasteiger partial charge on any atom is -0.378 e. The molecule has 4 rings (SSSR count). The molecule has 1 aliphatic rings. The summed E-state index contributed by atoms with van der Waals surface area (Å²) in [5.41, 5.74) is 0.782. The maximum Gasteiger partial charge on any atom is 0.224 e. The van der Waals surface area contributed by atoms with Gasteiger partial charge in [-0.2, -0.15) is 4.98 Å². The zero-order valence-electron chi connectivity index (χ0n) is 20.9.